The van der Waals surface area contributed by atoms with E-state index in [0.717, 1.165) is 30.5 Å². The molecule has 2 N–H and O–H groups in total. The molecule has 0 radical (unpaired) electrons. The molecule has 1 amide bonds. The Bertz CT molecular complexity index is 430. The van der Waals surface area contributed by atoms with Crippen molar-refractivity contribution < 1.29 is 9.53 Å². The smallest absolute Gasteiger partial charge is 0.249 e. The lowest BCUT2D eigenvalue weighted by atomic mass is 10.1. The van der Waals surface area contributed by atoms with Crippen LogP contribution in [-0.4, -0.2) is 30.1 Å². The first-order chi connectivity index (χ1) is 9.22. The average molecular weight is 262 g/mol. The molecule has 0 unspecified atom stereocenters. The van der Waals surface area contributed by atoms with E-state index in [9.17, 15) is 4.79 Å². The van der Waals surface area contributed by atoms with Crippen LogP contribution in [0.1, 0.15) is 31.7 Å². The Hall–Kier alpha value is -1.55. The number of nitrogens with two attached hydrogens (primary N) is 1. The van der Waals surface area contributed by atoms with Crippen LogP contribution in [0.4, 0.5) is 5.69 Å². The molecule has 19 heavy (non-hydrogen) atoms. The fourth-order valence-electron chi connectivity index (χ4n) is 2.06. The van der Waals surface area contributed by atoms with Crippen LogP contribution < -0.4 is 5.73 Å². The second-order valence-corrected chi connectivity index (χ2v) is 5.00. The van der Waals surface area contributed by atoms with Crippen molar-refractivity contribution >= 4 is 11.6 Å². The maximum Gasteiger partial charge on any atom is 0.249 e. The highest BCUT2D eigenvalue weighted by atomic mass is 16.5. The summed E-state index contributed by atoms with van der Waals surface area (Å²) in [7, 11) is 0. The first-order valence-corrected chi connectivity index (χ1v) is 6.93. The minimum absolute atomic E-state index is 0.0687. The molecule has 4 nitrogen and oxygen atoms in total. The molecule has 1 aliphatic carbocycles. The zero-order valence-electron chi connectivity index (χ0n) is 11.5. The third kappa shape index (κ3) is 3.96. The van der Waals surface area contributed by atoms with Gasteiger partial charge in [0.25, 0.3) is 0 Å². The van der Waals surface area contributed by atoms with Crippen LogP contribution in [0.5, 0.6) is 0 Å². The van der Waals surface area contributed by atoms with Crippen LogP contribution >= 0.6 is 0 Å². The highest BCUT2D eigenvalue weighted by molar-refractivity contribution is 5.78. The predicted octanol–water partition coefficient (Wildman–Crippen LogP) is 2.19. The summed E-state index contributed by atoms with van der Waals surface area (Å²) in [5.41, 5.74) is 7.70. The molecule has 2 rings (SSSR count). The SMILES string of the molecule is CCCOCC(=O)N(Cc1ccccc1N)C1CC1. The van der Waals surface area contributed by atoms with Crippen molar-refractivity contribution in [2.45, 2.75) is 38.8 Å². The molecule has 0 spiro atoms. The van der Waals surface area contributed by atoms with Gasteiger partial charge in [-0.05, 0) is 30.9 Å². The van der Waals surface area contributed by atoms with E-state index in [-0.39, 0.29) is 12.5 Å². The van der Waals surface area contributed by atoms with E-state index < -0.39 is 0 Å². The second kappa shape index (κ2) is 6.57. The largest absolute Gasteiger partial charge is 0.398 e. The van der Waals surface area contributed by atoms with Crippen LogP contribution in [-0.2, 0) is 16.1 Å². The normalized spacial score (nSPS) is 14.4. The van der Waals surface area contributed by atoms with Gasteiger partial charge < -0.3 is 15.4 Å². The second-order valence-electron chi connectivity index (χ2n) is 5.00. The van der Waals surface area contributed by atoms with Crippen molar-refractivity contribution in [3.05, 3.63) is 29.8 Å². The fourth-order valence-corrected chi connectivity index (χ4v) is 2.06. The number of anilines is 1. The van der Waals surface area contributed by atoms with Crippen LogP contribution in [0.25, 0.3) is 0 Å². The Labute approximate surface area is 114 Å². The highest BCUT2D eigenvalue weighted by Crippen LogP contribution is 2.29. The minimum atomic E-state index is 0.0687. The van der Waals surface area contributed by atoms with Gasteiger partial charge in [-0.15, -0.1) is 0 Å². The first kappa shape index (κ1) is 13.9. The van der Waals surface area contributed by atoms with Crippen molar-refractivity contribution in [3.8, 4) is 0 Å². The van der Waals surface area contributed by atoms with Gasteiger partial charge in [0.1, 0.15) is 6.61 Å². The Morgan fingerprint density at radius 3 is 2.79 bits per heavy atom. The molecule has 0 atom stereocenters. The van der Waals surface area contributed by atoms with Gasteiger partial charge in [0.05, 0.1) is 0 Å². The number of amides is 1. The molecule has 1 aromatic rings. The molecular weight excluding hydrogens is 240 g/mol. The fraction of sp³-hybridized carbons (Fsp3) is 0.533. The van der Waals surface area contributed by atoms with E-state index in [0.29, 0.717) is 19.2 Å². The summed E-state index contributed by atoms with van der Waals surface area (Å²) in [5, 5.41) is 0. The number of ether oxygens (including phenoxy) is 1. The summed E-state index contributed by atoms with van der Waals surface area (Å²) < 4.78 is 5.35. The molecule has 0 heterocycles. The van der Waals surface area contributed by atoms with Crippen molar-refractivity contribution in [2.75, 3.05) is 18.9 Å². The van der Waals surface area contributed by atoms with Crippen LogP contribution in [0.15, 0.2) is 24.3 Å². The third-order valence-corrected chi connectivity index (χ3v) is 3.28. The Morgan fingerprint density at radius 2 is 2.16 bits per heavy atom. The van der Waals surface area contributed by atoms with E-state index in [1.54, 1.807) is 0 Å². The van der Waals surface area contributed by atoms with Crippen molar-refractivity contribution in [1.82, 2.24) is 4.90 Å². The van der Waals surface area contributed by atoms with E-state index in [4.69, 9.17) is 10.5 Å². The Balaban J connectivity index is 1.96. The monoisotopic (exact) mass is 262 g/mol. The van der Waals surface area contributed by atoms with Crippen molar-refractivity contribution in [3.63, 3.8) is 0 Å². The molecule has 4 heteroatoms. The minimum Gasteiger partial charge on any atom is -0.398 e. The van der Waals surface area contributed by atoms with E-state index >= 15 is 0 Å². The summed E-state index contributed by atoms with van der Waals surface area (Å²) in [6.07, 6.45) is 3.11. The Kier molecular flexibility index (Phi) is 4.80. The molecule has 1 saturated carbocycles. The van der Waals surface area contributed by atoms with E-state index in [2.05, 4.69) is 0 Å². The lowest BCUT2D eigenvalue weighted by Crippen LogP contribution is -2.35. The molecule has 1 fully saturated rings. The number of carbonyl (C=O) groups is 1. The molecule has 1 aliphatic rings. The topological polar surface area (TPSA) is 55.6 Å². The van der Waals surface area contributed by atoms with Gasteiger partial charge in [0, 0.05) is 24.9 Å². The number of hydrogen-bond acceptors (Lipinski definition) is 3. The van der Waals surface area contributed by atoms with Gasteiger partial charge in [-0.3, -0.25) is 4.79 Å². The summed E-state index contributed by atoms with van der Waals surface area (Å²) in [4.78, 5) is 14.1. The van der Waals surface area contributed by atoms with Crippen LogP contribution in [0.2, 0.25) is 0 Å². The number of carbonyl (C=O) groups excluding carboxylic acids is 1. The number of rotatable bonds is 7. The maximum absolute atomic E-state index is 12.2. The number of benzene rings is 1. The summed E-state index contributed by atoms with van der Waals surface area (Å²) in [5.74, 6) is 0.0687. The summed E-state index contributed by atoms with van der Waals surface area (Å²) >= 11 is 0. The molecule has 0 saturated heterocycles. The average Bonchev–Trinajstić information content (AvgIpc) is 3.22. The lowest BCUT2D eigenvalue weighted by molar-refractivity contribution is -0.137. The van der Waals surface area contributed by atoms with Gasteiger partial charge in [-0.2, -0.15) is 0 Å². The first-order valence-electron chi connectivity index (χ1n) is 6.93. The number of nitrogens with zero attached hydrogens (tertiary/aromatic N) is 1. The van der Waals surface area contributed by atoms with Gasteiger partial charge in [0.2, 0.25) is 5.91 Å². The molecule has 0 aromatic heterocycles. The van der Waals surface area contributed by atoms with Crippen LogP contribution in [0.3, 0.4) is 0 Å². The zero-order valence-corrected chi connectivity index (χ0v) is 11.5. The van der Waals surface area contributed by atoms with Crippen LogP contribution in [0, 0.1) is 0 Å². The number of hydrogen-bond donors (Lipinski definition) is 1. The van der Waals surface area contributed by atoms with E-state index in [1.807, 2.05) is 36.1 Å². The lowest BCUT2D eigenvalue weighted by Gasteiger charge is -2.23. The van der Waals surface area contributed by atoms with Gasteiger partial charge in [-0.1, -0.05) is 25.1 Å². The van der Waals surface area contributed by atoms with Gasteiger partial charge in [-0.25, -0.2) is 0 Å². The standard InChI is InChI=1S/C15H22N2O2/c1-2-9-19-11-15(18)17(13-7-8-13)10-12-5-3-4-6-14(12)16/h3-6,13H,2,7-11,16H2,1H3. The molecular formula is C15H22N2O2. The van der Waals surface area contributed by atoms with Crippen molar-refractivity contribution in [1.29, 1.82) is 0 Å². The predicted molar refractivity (Wildman–Crippen MR) is 75.5 cm³/mol. The molecule has 1 aromatic carbocycles. The zero-order chi connectivity index (χ0) is 13.7. The number of nitrogen functional groups attached to an aromatic ring is 1. The quantitative estimate of drug-likeness (QED) is 0.605. The molecule has 0 bridgehead atoms. The number of para-hydroxylation sites is 1. The maximum atomic E-state index is 12.2. The highest BCUT2D eigenvalue weighted by Gasteiger charge is 2.32. The summed E-state index contributed by atoms with van der Waals surface area (Å²) in [6.45, 7) is 3.44. The van der Waals surface area contributed by atoms with E-state index in [1.165, 1.54) is 0 Å². The molecule has 0 aliphatic heterocycles. The molecule has 104 valence electrons. The van der Waals surface area contributed by atoms with Gasteiger partial charge in [0.15, 0.2) is 0 Å². The summed E-state index contributed by atoms with van der Waals surface area (Å²) in [6, 6.07) is 8.09. The Morgan fingerprint density at radius 1 is 1.42 bits per heavy atom. The van der Waals surface area contributed by atoms with Crippen molar-refractivity contribution in [2.24, 2.45) is 0 Å². The third-order valence-electron chi connectivity index (χ3n) is 3.28. The van der Waals surface area contributed by atoms with Gasteiger partial charge >= 0.3 is 0 Å².